The summed E-state index contributed by atoms with van der Waals surface area (Å²) < 4.78 is 18.5. The van der Waals surface area contributed by atoms with Crippen LogP contribution in [0.4, 0.5) is 0 Å². The molecule has 0 radical (unpaired) electrons. The summed E-state index contributed by atoms with van der Waals surface area (Å²) in [4.78, 5) is 24.0. The number of nitrogens with zero attached hydrogens (tertiary/aromatic N) is 1. The van der Waals surface area contributed by atoms with Gasteiger partial charge in [-0.2, -0.15) is 0 Å². The zero-order valence-corrected chi connectivity index (χ0v) is 18.3. The third-order valence-corrected chi connectivity index (χ3v) is 5.21. The summed E-state index contributed by atoms with van der Waals surface area (Å²) >= 11 is 3.51. The van der Waals surface area contributed by atoms with E-state index >= 15 is 0 Å². The SMILES string of the molecule is CCOC(=O)COc1cc2c(C(C)=O)c(C)n(-c3ccc(OC)cc3)c2cc1Br. The minimum Gasteiger partial charge on any atom is -0.497 e. The maximum Gasteiger partial charge on any atom is 0.344 e. The lowest BCUT2D eigenvalue weighted by atomic mass is 10.1. The zero-order valence-electron chi connectivity index (χ0n) is 16.7. The molecular weight excluding hydrogens is 438 g/mol. The summed E-state index contributed by atoms with van der Waals surface area (Å²) in [6, 6.07) is 11.3. The Hall–Kier alpha value is -2.80. The van der Waals surface area contributed by atoms with E-state index in [9.17, 15) is 9.59 Å². The van der Waals surface area contributed by atoms with Gasteiger partial charge in [-0.25, -0.2) is 4.79 Å². The van der Waals surface area contributed by atoms with Gasteiger partial charge in [-0.05, 0) is 73.1 Å². The van der Waals surface area contributed by atoms with Gasteiger partial charge in [0.2, 0.25) is 0 Å². The number of carbonyl (C=O) groups excluding carboxylic acids is 2. The van der Waals surface area contributed by atoms with E-state index in [1.54, 1.807) is 27.0 Å². The minimum atomic E-state index is -0.446. The number of rotatable bonds is 7. The van der Waals surface area contributed by atoms with Gasteiger partial charge in [0.1, 0.15) is 11.5 Å². The molecule has 0 atom stereocenters. The van der Waals surface area contributed by atoms with E-state index < -0.39 is 5.97 Å². The van der Waals surface area contributed by atoms with Gasteiger partial charge in [-0.15, -0.1) is 0 Å². The third kappa shape index (κ3) is 4.15. The van der Waals surface area contributed by atoms with Crippen LogP contribution in [0.2, 0.25) is 0 Å². The first kappa shape index (κ1) is 20.9. The fourth-order valence-corrected chi connectivity index (χ4v) is 3.82. The van der Waals surface area contributed by atoms with Crippen LogP contribution in [-0.2, 0) is 9.53 Å². The first-order valence-corrected chi connectivity index (χ1v) is 9.95. The quantitative estimate of drug-likeness (QED) is 0.373. The highest BCUT2D eigenvalue weighted by molar-refractivity contribution is 9.10. The van der Waals surface area contributed by atoms with Gasteiger partial charge in [0.15, 0.2) is 12.4 Å². The molecule has 0 N–H and O–H groups in total. The molecule has 0 amide bonds. The lowest BCUT2D eigenvalue weighted by molar-refractivity contribution is -0.145. The fourth-order valence-electron chi connectivity index (χ4n) is 3.37. The smallest absolute Gasteiger partial charge is 0.344 e. The van der Waals surface area contributed by atoms with E-state index in [0.717, 1.165) is 28.0 Å². The molecular formula is C22H22BrNO5. The summed E-state index contributed by atoms with van der Waals surface area (Å²) in [5.41, 5.74) is 3.21. The van der Waals surface area contributed by atoms with Crippen molar-refractivity contribution in [1.82, 2.24) is 4.57 Å². The monoisotopic (exact) mass is 459 g/mol. The van der Waals surface area contributed by atoms with E-state index in [2.05, 4.69) is 15.9 Å². The molecule has 152 valence electrons. The van der Waals surface area contributed by atoms with Crippen molar-refractivity contribution in [3.05, 3.63) is 52.1 Å². The number of ether oxygens (including phenoxy) is 3. The van der Waals surface area contributed by atoms with Gasteiger partial charge in [0, 0.05) is 22.3 Å². The van der Waals surface area contributed by atoms with Crippen molar-refractivity contribution in [2.75, 3.05) is 20.3 Å². The second kappa shape index (κ2) is 8.69. The summed E-state index contributed by atoms with van der Waals surface area (Å²) in [5.74, 6) is 0.738. The highest BCUT2D eigenvalue weighted by Gasteiger charge is 2.21. The van der Waals surface area contributed by atoms with Crippen molar-refractivity contribution in [3.8, 4) is 17.2 Å². The fraction of sp³-hybridized carbons (Fsp3) is 0.273. The molecule has 1 aromatic heterocycles. The highest BCUT2D eigenvalue weighted by Crippen LogP contribution is 2.37. The second-order valence-corrected chi connectivity index (χ2v) is 7.30. The Morgan fingerprint density at radius 1 is 1.14 bits per heavy atom. The topological polar surface area (TPSA) is 66.8 Å². The van der Waals surface area contributed by atoms with Crippen LogP contribution in [-0.4, -0.2) is 36.6 Å². The highest BCUT2D eigenvalue weighted by atomic mass is 79.9. The van der Waals surface area contributed by atoms with Crippen molar-refractivity contribution < 1.29 is 23.8 Å². The molecule has 0 fully saturated rings. The van der Waals surface area contributed by atoms with E-state index in [-0.39, 0.29) is 12.4 Å². The average molecular weight is 460 g/mol. The molecule has 0 saturated heterocycles. The van der Waals surface area contributed by atoms with E-state index in [1.165, 1.54) is 0 Å². The first-order chi connectivity index (χ1) is 13.9. The number of hydrogen-bond donors (Lipinski definition) is 0. The third-order valence-electron chi connectivity index (χ3n) is 4.59. The molecule has 0 spiro atoms. The number of esters is 1. The Kier molecular flexibility index (Phi) is 6.27. The molecule has 29 heavy (non-hydrogen) atoms. The van der Waals surface area contributed by atoms with Crippen molar-refractivity contribution in [2.45, 2.75) is 20.8 Å². The van der Waals surface area contributed by atoms with Crippen LogP contribution >= 0.6 is 15.9 Å². The minimum absolute atomic E-state index is 0.0431. The van der Waals surface area contributed by atoms with Gasteiger partial charge < -0.3 is 18.8 Å². The van der Waals surface area contributed by atoms with Gasteiger partial charge in [0.05, 0.1) is 23.7 Å². The van der Waals surface area contributed by atoms with Crippen LogP contribution in [0.1, 0.15) is 29.9 Å². The van der Waals surface area contributed by atoms with Crippen LogP contribution in [0.25, 0.3) is 16.6 Å². The number of methoxy groups -OCH3 is 1. The van der Waals surface area contributed by atoms with Crippen LogP contribution in [0.5, 0.6) is 11.5 Å². The molecule has 1 heterocycles. The lowest BCUT2D eigenvalue weighted by Gasteiger charge is -2.11. The predicted octanol–water partition coefficient (Wildman–Crippen LogP) is 4.85. The second-order valence-electron chi connectivity index (χ2n) is 6.44. The average Bonchev–Trinajstić information content (AvgIpc) is 2.97. The molecule has 0 aliphatic heterocycles. The normalized spacial score (nSPS) is 10.8. The molecule has 6 nitrogen and oxygen atoms in total. The van der Waals surface area contributed by atoms with Crippen molar-refractivity contribution in [3.63, 3.8) is 0 Å². The number of hydrogen-bond acceptors (Lipinski definition) is 5. The number of Topliss-reactive ketones (excluding diaryl/α,β-unsaturated/α-hetero) is 1. The summed E-state index contributed by atoms with van der Waals surface area (Å²) in [6.45, 7) is 5.28. The first-order valence-electron chi connectivity index (χ1n) is 9.15. The Labute approximate surface area is 177 Å². The van der Waals surface area contributed by atoms with Gasteiger partial charge in [-0.3, -0.25) is 4.79 Å². The van der Waals surface area contributed by atoms with Crippen LogP contribution in [0.15, 0.2) is 40.9 Å². The predicted molar refractivity (Wildman–Crippen MR) is 114 cm³/mol. The number of aromatic nitrogens is 1. The summed E-state index contributed by atoms with van der Waals surface area (Å²) in [6.07, 6.45) is 0. The molecule has 2 aromatic carbocycles. The molecule has 0 aliphatic carbocycles. The molecule has 0 unspecified atom stereocenters. The zero-order chi connectivity index (χ0) is 21.1. The largest absolute Gasteiger partial charge is 0.497 e. The Bertz CT molecular complexity index is 1070. The number of carbonyl (C=O) groups is 2. The molecule has 3 rings (SSSR count). The number of fused-ring (bicyclic) bond motifs is 1. The Morgan fingerprint density at radius 2 is 1.83 bits per heavy atom. The maximum absolute atomic E-state index is 12.4. The number of benzene rings is 2. The standard InChI is InChI=1S/C22H22BrNO5/c1-5-28-21(26)12-29-20-10-17-19(11-18(20)23)24(13(2)22(17)14(3)25)15-6-8-16(27-4)9-7-15/h6-11H,5,12H2,1-4H3. The summed E-state index contributed by atoms with van der Waals surface area (Å²) in [7, 11) is 1.62. The number of ketones is 1. The van der Waals surface area contributed by atoms with E-state index in [4.69, 9.17) is 14.2 Å². The Balaban J connectivity index is 2.13. The van der Waals surface area contributed by atoms with Gasteiger partial charge >= 0.3 is 5.97 Å². The van der Waals surface area contributed by atoms with E-state index in [1.807, 2.05) is 41.8 Å². The summed E-state index contributed by atoms with van der Waals surface area (Å²) in [5, 5.41) is 0.757. The van der Waals surface area contributed by atoms with Crippen molar-refractivity contribution >= 4 is 38.6 Å². The van der Waals surface area contributed by atoms with Gasteiger partial charge in [-0.1, -0.05) is 0 Å². The molecule has 7 heteroatoms. The van der Waals surface area contributed by atoms with Crippen molar-refractivity contribution in [2.24, 2.45) is 0 Å². The maximum atomic E-state index is 12.4. The van der Waals surface area contributed by atoms with Crippen molar-refractivity contribution in [1.29, 1.82) is 0 Å². The number of halogens is 1. The van der Waals surface area contributed by atoms with Crippen LogP contribution < -0.4 is 9.47 Å². The lowest BCUT2D eigenvalue weighted by Crippen LogP contribution is -2.14. The van der Waals surface area contributed by atoms with Gasteiger partial charge in [0.25, 0.3) is 0 Å². The van der Waals surface area contributed by atoms with Crippen LogP contribution in [0, 0.1) is 6.92 Å². The molecule has 3 aromatic rings. The molecule has 0 bridgehead atoms. The van der Waals surface area contributed by atoms with Crippen LogP contribution in [0.3, 0.4) is 0 Å². The molecule has 0 saturated carbocycles. The van der Waals surface area contributed by atoms with E-state index in [0.29, 0.717) is 22.4 Å². The molecule has 0 aliphatic rings. The Morgan fingerprint density at radius 3 is 2.41 bits per heavy atom.